The molecule has 0 heterocycles. The van der Waals surface area contributed by atoms with Crippen molar-refractivity contribution >= 4 is 12.3 Å². The average molecular weight is 311 g/mol. The molecule has 16 heavy (non-hydrogen) atoms. The molecule has 1 aliphatic carbocycles. The van der Waals surface area contributed by atoms with Crippen LogP contribution in [-0.2, 0) is 21.9 Å². The van der Waals surface area contributed by atoms with E-state index in [-0.39, 0.29) is 0 Å². The number of hydrogen-bond acceptors (Lipinski definition) is 5. The zero-order valence-corrected chi connectivity index (χ0v) is 10.1. The molecule has 0 bridgehead atoms. The number of carbonyl (C=O) groups is 2. The Hall–Kier alpha value is -1.42. The van der Waals surface area contributed by atoms with Gasteiger partial charge in [0.1, 0.15) is 0 Å². The van der Waals surface area contributed by atoms with Crippen LogP contribution in [0.15, 0.2) is 35.1 Å². The van der Waals surface area contributed by atoms with Crippen molar-refractivity contribution in [3.05, 3.63) is 35.1 Å². The van der Waals surface area contributed by atoms with Crippen molar-refractivity contribution in [1.82, 2.24) is 0 Å². The van der Waals surface area contributed by atoms with Crippen molar-refractivity contribution < 1.29 is 41.7 Å². The zero-order valence-electron chi connectivity index (χ0n) is 8.33. The molecule has 0 spiro atoms. The minimum absolute atomic E-state index is 0.463. The Kier molecular flexibility index (Phi) is 8.07. The van der Waals surface area contributed by atoms with E-state index in [0.717, 1.165) is 0 Å². The first kappa shape index (κ1) is 14.6. The summed E-state index contributed by atoms with van der Waals surface area (Å²) in [6, 6.07) is 0. The molecule has 0 amide bonds. The van der Waals surface area contributed by atoms with Gasteiger partial charge in [-0.25, -0.2) is 0 Å². The van der Waals surface area contributed by atoms with Crippen LogP contribution < -0.4 is 10.2 Å². The van der Waals surface area contributed by atoms with E-state index in [2.05, 4.69) is 29.5 Å². The largest absolute Gasteiger partial charge is 0.483 e. The van der Waals surface area contributed by atoms with E-state index >= 15 is 0 Å². The first-order chi connectivity index (χ1) is 7.56. The van der Waals surface area contributed by atoms with E-state index in [4.69, 9.17) is 19.8 Å². The molecule has 1 aliphatic rings. The summed E-state index contributed by atoms with van der Waals surface area (Å²) in [6.45, 7) is 3.70. The van der Waals surface area contributed by atoms with Crippen molar-refractivity contribution in [2.75, 3.05) is 0 Å². The number of carbonyl (C=O) groups excluding carboxylic acids is 2. The summed E-state index contributed by atoms with van der Waals surface area (Å²) < 4.78 is 4.49. The van der Waals surface area contributed by atoms with Crippen LogP contribution in [0.4, 0.5) is 9.59 Å². The summed E-state index contributed by atoms with van der Waals surface area (Å²) >= 11 is 0.463. The molecule has 1 rings (SSSR count). The molecule has 6 heteroatoms. The summed E-state index contributed by atoms with van der Waals surface area (Å²) in [5.41, 5.74) is 0. The van der Waals surface area contributed by atoms with Crippen LogP contribution >= 0.6 is 0 Å². The Morgan fingerprint density at radius 3 is 2.44 bits per heavy atom. The van der Waals surface area contributed by atoms with Gasteiger partial charge in [0, 0.05) is 0 Å². The molecule has 0 aromatic rings. The summed E-state index contributed by atoms with van der Waals surface area (Å²) in [7, 11) is 0. The van der Waals surface area contributed by atoms with E-state index in [1.54, 1.807) is 4.17 Å². The fraction of sp³-hybridized carbons (Fsp3) is 0.200. The molecule has 88 valence electrons. The third kappa shape index (κ3) is 9.15. The van der Waals surface area contributed by atoms with E-state index in [1.165, 1.54) is 11.4 Å². The quantitative estimate of drug-likeness (QED) is 0.322. The van der Waals surface area contributed by atoms with Crippen molar-refractivity contribution in [2.24, 2.45) is 0 Å². The predicted octanol–water partition coefficient (Wildman–Crippen LogP) is 0.207. The van der Waals surface area contributed by atoms with E-state index < -0.39 is 12.3 Å². The molecular weight excluding hydrogens is 301 g/mol. The maximum absolute atomic E-state index is 9.06. The summed E-state index contributed by atoms with van der Waals surface area (Å²) in [5, 5.41) is 19.3. The van der Waals surface area contributed by atoms with Crippen LogP contribution in [-0.4, -0.2) is 12.3 Å². The van der Waals surface area contributed by atoms with Gasteiger partial charge in [0.25, 0.3) is 12.3 Å². The molecule has 0 atom stereocenters. The number of hydrogen-bond donors (Lipinski definition) is 0. The topological polar surface area (TPSA) is 89.5 Å². The van der Waals surface area contributed by atoms with Gasteiger partial charge >= 0.3 is 63.6 Å². The monoisotopic (exact) mass is 312 g/mol. The third-order valence-corrected chi connectivity index (χ3v) is 3.51. The maximum Gasteiger partial charge on any atom is 0.259 e. The van der Waals surface area contributed by atoms with Gasteiger partial charge in [-0.3, -0.25) is 0 Å². The second kappa shape index (κ2) is 8.86. The first-order valence-corrected chi connectivity index (χ1v) is 6.28. The zero-order chi connectivity index (χ0) is 12.4. The fourth-order valence-corrected chi connectivity index (χ4v) is 2.25. The van der Waals surface area contributed by atoms with Crippen molar-refractivity contribution in [3.8, 4) is 0 Å². The Morgan fingerprint density at radius 2 is 2.12 bits per heavy atom. The summed E-state index contributed by atoms with van der Waals surface area (Å²) in [5.74, 6) is 0. The SMILES string of the molecule is C=C[CH2][Ru+2][C]1=CC=CC1.O=C([O-])OC(=O)[O-]. The van der Waals surface area contributed by atoms with E-state index in [9.17, 15) is 0 Å². The Balaban J connectivity index is 0.000000293. The van der Waals surface area contributed by atoms with Crippen molar-refractivity contribution in [3.63, 3.8) is 0 Å². The molecule has 0 aromatic carbocycles. The van der Waals surface area contributed by atoms with Gasteiger partial charge in [0.05, 0.1) is 0 Å². The van der Waals surface area contributed by atoms with E-state index in [1.807, 2.05) is 6.08 Å². The average Bonchev–Trinajstić information content (AvgIpc) is 2.65. The molecule has 0 unspecified atom stereocenters. The smallest absolute Gasteiger partial charge is 0.259 e. The van der Waals surface area contributed by atoms with Gasteiger partial charge in [-0.2, -0.15) is 0 Å². The molecule has 0 saturated carbocycles. The standard InChI is InChI=1S/C5H5.C3H5.C2H2O5.Ru/c1-2-4-5-3-1;1-3-2;3-1(4)7-2(5)6;/h1-3H,4H2;3H,1-2H2;(H,3,4)(H,5,6);/q;;;+2/p-2. The third-order valence-electron chi connectivity index (χ3n) is 1.22. The van der Waals surface area contributed by atoms with Crippen LogP contribution in [0.5, 0.6) is 0 Å². The van der Waals surface area contributed by atoms with E-state index in [0.29, 0.717) is 17.1 Å². The number of rotatable bonds is 3. The molecule has 0 aliphatic heterocycles. The van der Waals surface area contributed by atoms with Crippen LogP contribution in [0.3, 0.4) is 0 Å². The van der Waals surface area contributed by atoms with Crippen molar-refractivity contribution in [1.29, 1.82) is 0 Å². The molecule has 0 fully saturated rings. The van der Waals surface area contributed by atoms with Gasteiger partial charge in [-0.05, 0) is 0 Å². The van der Waals surface area contributed by atoms with Crippen LogP contribution in [0, 0.1) is 0 Å². The second-order valence-corrected chi connectivity index (χ2v) is 4.83. The second-order valence-electron chi connectivity index (χ2n) is 2.39. The van der Waals surface area contributed by atoms with Gasteiger partial charge in [0.2, 0.25) is 0 Å². The normalized spacial score (nSPS) is 12.1. The summed E-state index contributed by atoms with van der Waals surface area (Å²) in [6.07, 6.45) is 5.56. The van der Waals surface area contributed by atoms with Gasteiger partial charge in [-0.1, -0.05) is 0 Å². The van der Waals surface area contributed by atoms with Gasteiger partial charge in [0.15, 0.2) is 0 Å². The molecule has 0 saturated heterocycles. The van der Waals surface area contributed by atoms with Gasteiger partial charge in [-0.15, -0.1) is 0 Å². The Bertz CT molecular complexity index is 307. The molecule has 0 radical (unpaired) electrons. The molecule has 0 N–H and O–H groups in total. The number of allylic oxidation sites excluding steroid dienone is 5. The first-order valence-electron chi connectivity index (χ1n) is 4.19. The minimum Gasteiger partial charge on any atom is -0.483 e. The van der Waals surface area contributed by atoms with Crippen LogP contribution in [0.25, 0.3) is 0 Å². The Morgan fingerprint density at radius 1 is 1.50 bits per heavy atom. The van der Waals surface area contributed by atoms with Crippen LogP contribution in [0.1, 0.15) is 6.42 Å². The summed E-state index contributed by atoms with van der Waals surface area (Å²) in [4.78, 5) is 18.1. The Labute approximate surface area is 101 Å². The van der Waals surface area contributed by atoms with Crippen molar-refractivity contribution in [2.45, 2.75) is 11.4 Å². The number of ether oxygens (including phenoxy) is 1. The fourth-order valence-electron chi connectivity index (χ4n) is 0.720. The predicted molar refractivity (Wildman–Crippen MR) is 48.7 cm³/mol. The minimum atomic E-state index is -2.12. The van der Waals surface area contributed by atoms with Crippen LogP contribution in [0.2, 0.25) is 5.02 Å². The van der Waals surface area contributed by atoms with Gasteiger partial charge < -0.3 is 24.5 Å². The maximum atomic E-state index is 9.06. The molecule has 0 aromatic heterocycles. The molecular formula is C10H10O5Ru. The molecule has 5 nitrogen and oxygen atoms in total. The number of carboxylic acid groups (broad SMARTS) is 2.